The second-order valence-corrected chi connectivity index (χ2v) is 22.9. The number of benzene rings is 8. The Balaban J connectivity index is 1.55. The molecule has 3 nitrogen and oxygen atoms in total. The van der Waals surface area contributed by atoms with Crippen LogP contribution in [-0.2, 0) is 0 Å². The molecule has 0 saturated carbocycles. The van der Waals surface area contributed by atoms with Crippen molar-refractivity contribution in [1.29, 1.82) is 0 Å². The normalized spacial score (nSPS) is 15.1. The van der Waals surface area contributed by atoms with Crippen LogP contribution in [0.5, 0.6) is 0 Å². The van der Waals surface area contributed by atoms with Crippen molar-refractivity contribution in [3.63, 3.8) is 0 Å². The van der Waals surface area contributed by atoms with Crippen LogP contribution in [0.3, 0.4) is 0 Å². The molecule has 100 heavy (non-hydrogen) atoms. The van der Waals surface area contributed by atoms with Gasteiger partial charge in [0.1, 0.15) is 5.83 Å². The van der Waals surface area contributed by atoms with Crippen LogP contribution in [0, 0.1) is 208 Å². The van der Waals surface area contributed by atoms with E-state index in [9.17, 15) is 22.0 Å². The second-order valence-electron chi connectivity index (χ2n) is 22.9. The van der Waals surface area contributed by atoms with E-state index in [1.54, 1.807) is 0 Å². The van der Waals surface area contributed by atoms with Crippen LogP contribution < -0.4 is 0 Å². The molecule has 0 spiro atoms. The Kier molecular flexibility index (Phi) is 18.1. The van der Waals surface area contributed by atoms with Crippen LogP contribution in [-0.4, -0.2) is 20.6 Å². The molecule has 1 heterocycles. The van der Waals surface area contributed by atoms with Gasteiger partial charge in [0.2, 0.25) is 29.1 Å². The maximum absolute atomic E-state index is 17.2. The standard InChI is InChI=1S/C67H31F30N3/c1-11-20(29-35(68)46(79)57(90)47(80)36(29)69)14(4)26(15(5)21(11)30-37(70)48(81)58(91)49(82)38(30)71)64-98-65(27-16(6)22(31-39(72)50(83)59(92)51(84)40(31)73)12(2)23(17(27)7)32-41(74)52(85)60(93)53(86)42(32)75)100-66(99-64)28-18(8)24(33-43(76)54(87)61(94)55(88)44(33)77)13(3)25(19(28)9)34-45(78)56(89)62(95)63(96)67(34,10)97/h34H,1-10H3. The highest BCUT2D eigenvalue weighted by Gasteiger charge is 2.53. The smallest absolute Gasteiger partial charge is 0.200 e. The lowest BCUT2D eigenvalue weighted by Gasteiger charge is -2.35. The minimum atomic E-state index is -4.32. The van der Waals surface area contributed by atoms with Gasteiger partial charge in [-0.1, -0.05) is 0 Å². The highest BCUT2D eigenvalue weighted by atomic mass is 19.2. The number of rotatable bonds is 9. The van der Waals surface area contributed by atoms with Gasteiger partial charge in [0, 0.05) is 16.7 Å². The first-order valence-electron chi connectivity index (χ1n) is 27.9. The molecule has 0 amide bonds. The summed E-state index contributed by atoms with van der Waals surface area (Å²) in [5.74, 6) is -90.8. The molecule has 0 saturated heterocycles. The summed E-state index contributed by atoms with van der Waals surface area (Å²) in [7, 11) is 0. The van der Waals surface area contributed by atoms with Crippen LogP contribution in [0.4, 0.5) is 132 Å². The van der Waals surface area contributed by atoms with Gasteiger partial charge in [-0.3, -0.25) is 0 Å². The Morgan fingerprint density at radius 3 is 0.580 bits per heavy atom. The summed E-state index contributed by atoms with van der Waals surface area (Å²) in [4.78, 5) is 12.5. The van der Waals surface area contributed by atoms with Crippen molar-refractivity contribution in [2.75, 3.05) is 0 Å². The van der Waals surface area contributed by atoms with Crippen LogP contribution in [0.25, 0.3) is 89.8 Å². The lowest BCUT2D eigenvalue weighted by Crippen LogP contribution is -2.34. The molecule has 0 radical (unpaired) electrons. The van der Waals surface area contributed by atoms with Crippen molar-refractivity contribution in [1.82, 2.24) is 15.0 Å². The quantitative estimate of drug-likeness (QED) is 0.0821. The van der Waals surface area contributed by atoms with E-state index in [0.29, 0.717) is 62.3 Å². The molecule has 0 aliphatic heterocycles. The molecule has 10 rings (SSSR count). The topological polar surface area (TPSA) is 38.7 Å². The maximum atomic E-state index is 17.2. The Labute approximate surface area is 540 Å². The first-order chi connectivity index (χ1) is 46.3. The first kappa shape index (κ1) is 72.9. The van der Waals surface area contributed by atoms with E-state index in [0.717, 1.165) is 0 Å². The molecule has 0 N–H and O–H groups in total. The highest BCUT2D eigenvalue weighted by molar-refractivity contribution is 5.95. The molecule has 1 aromatic heterocycles. The van der Waals surface area contributed by atoms with Gasteiger partial charge >= 0.3 is 0 Å². The molecule has 9 aromatic rings. The Bertz CT molecular complexity index is 4760. The summed E-state index contributed by atoms with van der Waals surface area (Å²) < 4.78 is 475. The highest BCUT2D eigenvalue weighted by Crippen LogP contribution is 2.57. The zero-order valence-corrected chi connectivity index (χ0v) is 51.3. The number of aromatic nitrogens is 3. The monoisotopic (exact) mass is 1450 g/mol. The summed E-state index contributed by atoms with van der Waals surface area (Å²) >= 11 is 0. The van der Waals surface area contributed by atoms with Crippen molar-refractivity contribution in [3.05, 3.63) is 224 Å². The number of halogens is 30. The zero-order valence-electron chi connectivity index (χ0n) is 51.3. The van der Waals surface area contributed by atoms with Crippen LogP contribution in [0.2, 0.25) is 0 Å². The summed E-state index contributed by atoms with van der Waals surface area (Å²) in [6, 6.07) is 0. The van der Waals surface area contributed by atoms with Crippen LogP contribution in [0.1, 0.15) is 68.5 Å². The molecular formula is C67H31F30N3. The zero-order chi connectivity index (χ0) is 75.0. The van der Waals surface area contributed by atoms with Crippen molar-refractivity contribution in [2.24, 2.45) is 0 Å². The summed E-state index contributed by atoms with van der Waals surface area (Å²) in [5, 5.41) is 0. The van der Waals surface area contributed by atoms with E-state index in [1.807, 2.05) is 0 Å². The fraction of sp³-hybridized carbons (Fsp3) is 0.179. The van der Waals surface area contributed by atoms with E-state index in [1.165, 1.54) is 0 Å². The fourth-order valence-electron chi connectivity index (χ4n) is 13.1. The van der Waals surface area contributed by atoms with Crippen LogP contribution >= 0.6 is 0 Å². The maximum Gasteiger partial charge on any atom is 0.200 e. The Morgan fingerprint density at radius 2 is 0.370 bits per heavy atom. The van der Waals surface area contributed by atoms with Crippen molar-refractivity contribution < 1.29 is 132 Å². The van der Waals surface area contributed by atoms with Gasteiger partial charge < -0.3 is 0 Å². The molecule has 0 fully saturated rings. The summed E-state index contributed by atoms with van der Waals surface area (Å²) in [6.45, 7) is 5.11. The number of hydrogen-bond donors (Lipinski definition) is 0. The largest absolute Gasteiger partial charge is 0.235 e. The molecular weight excluding hydrogens is 1420 g/mol. The number of alkyl halides is 1. The number of allylic oxidation sites excluding steroid dienone is 4. The lowest BCUT2D eigenvalue weighted by atomic mass is 9.72. The number of nitrogens with zero attached hydrogens (tertiary/aromatic N) is 3. The third kappa shape index (κ3) is 10.0. The molecule has 1 aliphatic rings. The predicted molar refractivity (Wildman–Crippen MR) is 296 cm³/mol. The summed E-state index contributed by atoms with van der Waals surface area (Å²) in [5.41, 5.74) is -38.4. The van der Waals surface area contributed by atoms with E-state index < -0.39 is 326 Å². The van der Waals surface area contributed by atoms with Gasteiger partial charge in [-0.2, -0.15) is 0 Å². The molecule has 2 unspecified atom stereocenters. The average molecular weight is 1450 g/mol. The molecule has 2 atom stereocenters. The Morgan fingerprint density at radius 1 is 0.210 bits per heavy atom. The van der Waals surface area contributed by atoms with E-state index >= 15 is 110 Å². The van der Waals surface area contributed by atoms with Gasteiger partial charge in [-0.05, 0) is 153 Å². The van der Waals surface area contributed by atoms with Crippen molar-refractivity contribution in [3.8, 4) is 89.8 Å². The van der Waals surface area contributed by atoms with E-state index in [4.69, 9.17) is 0 Å². The molecule has 8 aromatic carbocycles. The third-order valence-electron chi connectivity index (χ3n) is 17.5. The average Bonchev–Trinajstić information content (AvgIpc) is 0.720. The lowest BCUT2D eigenvalue weighted by molar-refractivity contribution is 0.141. The number of hydrogen-bond acceptors (Lipinski definition) is 3. The molecule has 524 valence electrons. The summed E-state index contributed by atoms with van der Waals surface area (Å²) in [6.07, 6.45) is 0. The molecule has 0 bridgehead atoms. The minimum absolute atomic E-state index is 0.00850. The third-order valence-corrected chi connectivity index (χ3v) is 17.5. The molecule has 33 heteroatoms. The predicted octanol–water partition coefficient (Wildman–Crippen LogP) is 22.6. The van der Waals surface area contributed by atoms with Gasteiger partial charge in [-0.25, -0.2) is 147 Å². The first-order valence-corrected chi connectivity index (χ1v) is 27.9. The van der Waals surface area contributed by atoms with E-state index in [2.05, 4.69) is 15.0 Å². The Hall–Kier alpha value is -9.85. The minimum Gasteiger partial charge on any atom is -0.235 e. The van der Waals surface area contributed by atoms with Crippen LogP contribution in [0.15, 0.2) is 23.3 Å². The van der Waals surface area contributed by atoms with Crippen molar-refractivity contribution >= 4 is 0 Å². The second kappa shape index (κ2) is 24.8. The van der Waals surface area contributed by atoms with Gasteiger partial charge in [0.25, 0.3) is 0 Å². The van der Waals surface area contributed by atoms with E-state index in [-0.39, 0.29) is 6.92 Å². The van der Waals surface area contributed by atoms with Crippen molar-refractivity contribution in [2.45, 2.75) is 80.8 Å². The fourth-order valence-corrected chi connectivity index (χ4v) is 13.1. The van der Waals surface area contributed by atoms with Gasteiger partial charge in [0.05, 0.1) is 33.7 Å². The van der Waals surface area contributed by atoms with Gasteiger partial charge in [-0.15, -0.1) is 0 Å². The van der Waals surface area contributed by atoms with Gasteiger partial charge in [0.15, 0.2) is 157 Å². The molecule has 1 aliphatic carbocycles. The SMILES string of the molecule is Cc1c(-c2nc(-c3c(C)c(-c4c(F)c(F)c(F)c(F)c4F)c(C)c(-c4c(F)c(F)c(F)c(F)c4F)c3C)nc(-c3c(C)c(-c4c(F)c(F)c(F)c(F)c4F)c(C)c(C4C(F)=C(F)C(F)=C(F)C4(C)F)c3C)n2)c(C)c(-c2c(F)c(F)c(F)c(F)c2F)c(C)c1-c1c(F)c(F)c(F)c(F)c1F.